The molecule has 1 aromatic rings. The monoisotopic (exact) mass is 183 g/mol. The van der Waals surface area contributed by atoms with Crippen LogP contribution in [0.5, 0.6) is 5.75 Å². The van der Waals surface area contributed by atoms with Crippen LogP contribution in [-0.2, 0) is 4.79 Å². The van der Waals surface area contributed by atoms with Gasteiger partial charge in [0, 0.05) is 0 Å². The lowest BCUT2D eigenvalue weighted by Gasteiger charge is -2.04. The van der Waals surface area contributed by atoms with Crippen molar-refractivity contribution < 1.29 is 13.9 Å². The van der Waals surface area contributed by atoms with Crippen molar-refractivity contribution in [3.63, 3.8) is 0 Å². The lowest BCUT2D eigenvalue weighted by Crippen LogP contribution is -2.20. The first kappa shape index (κ1) is 9.51. The number of hydrogen-bond acceptors (Lipinski definition) is 2. The molecule has 1 aromatic carbocycles. The quantitative estimate of drug-likeness (QED) is 0.759. The molecule has 0 heterocycles. The average Bonchev–Trinajstić information content (AvgIpc) is 2.07. The maximum Gasteiger partial charge on any atom is 0.255 e. The van der Waals surface area contributed by atoms with Crippen LogP contribution in [0.4, 0.5) is 4.39 Å². The number of amides is 1. The van der Waals surface area contributed by atoms with Crippen LogP contribution >= 0.6 is 0 Å². The van der Waals surface area contributed by atoms with E-state index in [2.05, 4.69) is 0 Å². The van der Waals surface area contributed by atoms with Crippen molar-refractivity contribution in [1.29, 1.82) is 0 Å². The Hall–Kier alpha value is -1.58. The third-order valence-electron chi connectivity index (χ3n) is 1.51. The molecule has 0 aliphatic rings. The molecule has 0 radical (unpaired) electrons. The van der Waals surface area contributed by atoms with E-state index >= 15 is 0 Å². The van der Waals surface area contributed by atoms with Gasteiger partial charge < -0.3 is 10.5 Å². The molecule has 3 nitrogen and oxygen atoms in total. The molecule has 1 rings (SSSR count). The second-order valence-electron chi connectivity index (χ2n) is 2.67. The lowest BCUT2D eigenvalue weighted by molar-refractivity contribution is -0.119. The van der Waals surface area contributed by atoms with Crippen molar-refractivity contribution >= 4 is 5.91 Å². The van der Waals surface area contributed by atoms with E-state index in [1.807, 2.05) is 0 Å². The van der Waals surface area contributed by atoms with Crippen molar-refractivity contribution in [1.82, 2.24) is 0 Å². The number of nitrogens with two attached hydrogens (primary N) is 1. The van der Waals surface area contributed by atoms with E-state index in [4.69, 9.17) is 10.5 Å². The predicted octanol–water partition coefficient (Wildman–Crippen LogP) is 0.998. The lowest BCUT2D eigenvalue weighted by atomic mass is 10.2. The zero-order valence-electron chi connectivity index (χ0n) is 7.21. The number of carbonyl (C=O) groups excluding carboxylic acids is 1. The molecule has 4 heteroatoms. The van der Waals surface area contributed by atoms with Gasteiger partial charge in [0.05, 0.1) is 0 Å². The average molecular weight is 183 g/mol. The first-order chi connectivity index (χ1) is 6.09. The van der Waals surface area contributed by atoms with Gasteiger partial charge in [0.2, 0.25) is 0 Å². The summed E-state index contributed by atoms with van der Waals surface area (Å²) in [6, 6.07) is 4.25. The van der Waals surface area contributed by atoms with Crippen molar-refractivity contribution in [3.8, 4) is 5.75 Å². The highest BCUT2D eigenvalue weighted by Crippen LogP contribution is 2.15. The molecule has 1 amide bonds. The van der Waals surface area contributed by atoms with Crippen molar-refractivity contribution in [3.05, 3.63) is 29.6 Å². The van der Waals surface area contributed by atoms with Gasteiger partial charge in [-0.25, -0.2) is 4.39 Å². The van der Waals surface area contributed by atoms with Crippen LogP contribution in [0, 0.1) is 12.7 Å². The van der Waals surface area contributed by atoms with Crippen LogP contribution in [0.2, 0.25) is 0 Å². The minimum absolute atomic E-state index is 0.189. The first-order valence-electron chi connectivity index (χ1n) is 3.77. The van der Waals surface area contributed by atoms with E-state index in [0.29, 0.717) is 11.3 Å². The summed E-state index contributed by atoms with van der Waals surface area (Å²) in [6.45, 7) is 1.43. The molecule has 0 bridgehead atoms. The van der Waals surface area contributed by atoms with Crippen LogP contribution < -0.4 is 10.5 Å². The molecule has 0 unspecified atom stereocenters. The number of halogens is 1. The third kappa shape index (κ3) is 2.74. The van der Waals surface area contributed by atoms with Gasteiger partial charge in [0.1, 0.15) is 11.6 Å². The van der Waals surface area contributed by atoms with Crippen molar-refractivity contribution in [2.45, 2.75) is 6.92 Å². The van der Waals surface area contributed by atoms with Gasteiger partial charge in [0.15, 0.2) is 6.61 Å². The Kier molecular flexibility index (Phi) is 2.84. The van der Waals surface area contributed by atoms with E-state index < -0.39 is 5.91 Å². The molecule has 0 fully saturated rings. The third-order valence-corrected chi connectivity index (χ3v) is 1.51. The van der Waals surface area contributed by atoms with Gasteiger partial charge in [-0.2, -0.15) is 0 Å². The largest absolute Gasteiger partial charge is 0.484 e. The van der Waals surface area contributed by atoms with Gasteiger partial charge in [-0.1, -0.05) is 0 Å². The Bertz CT molecular complexity index is 325. The Labute approximate surface area is 75.3 Å². The molecule has 13 heavy (non-hydrogen) atoms. The summed E-state index contributed by atoms with van der Waals surface area (Å²) in [7, 11) is 0. The molecule has 0 aliphatic heterocycles. The van der Waals surface area contributed by atoms with Crippen LogP contribution in [0.3, 0.4) is 0 Å². The summed E-state index contributed by atoms with van der Waals surface area (Å²) < 4.78 is 17.7. The van der Waals surface area contributed by atoms with Gasteiger partial charge in [0.25, 0.3) is 5.91 Å². The minimum atomic E-state index is -0.554. The summed E-state index contributed by atoms with van der Waals surface area (Å²) in [5, 5.41) is 0. The maximum atomic E-state index is 12.8. The molecule has 0 aromatic heterocycles. The number of benzene rings is 1. The fraction of sp³-hybridized carbons (Fsp3) is 0.222. The molecule has 0 saturated carbocycles. The Morgan fingerprint density at radius 2 is 2.31 bits per heavy atom. The smallest absolute Gasteiger partial charge is 0.255 e. The molecule has 2 N–H and O–H groups in total. The molecule has 0 saturated heterocycles. The number of aryl methyl sites for hydroxylation is 1. The standard InChI is InChI=1S/C9H10FNO2/c1-6-4-7(2-3-8(6)10)13-5-9(11)12/h2-4H,5H2,1H3,(H2,11,12). The molecule has 0 atom stereocenters. The number of primary amides is 1. The van der Waals surface area contributed by atoms with Gasteiger partial charge >= 0.3 is 0 Å². The topological polar surface area (TPSA) is 52.3 Å². The molecular formula is C9H10FNO2. The SMILES string of the molecule is Cc1cc(OCC(N)=O)ccc1F. The van der Waals surface area contributed by atoms with E-state index in [9.17, 15) is 9.18 Å². The predicted molar refractivity (Wildman–Crippen MR) is 45.8 cm³/mol. The van der Waals surface area contributed by atoms with Gasteiger partial charge in [-0.3, -0.25) is 4.79 Å². The molecular weight excluding hydrogens is 173 g/mol. The zero-order valence-corrected chi connectivity index (χ0v) is 7.21. The molecule has 70 valence electrons. The summed E-state index contributed by atoms with van der Waals surface area (Å²) in [4.78, 5) is 10.3. The van der Waals surface area contributed by atoms with Crippen LogP contribution in [0.15, 0.2) is 18.2 Å². The van der Waals surface area contributed by atoms with Crippen LogP contribution in [-0.4, -0.2) is 12.5 Å². The fourth-order valence-electron chi connectivity index (χ4n) is 0.861. The summed E-state index contributed by atoms with van der Waals surface area (Å²) in [5.74, 6) is -0.411. The van der Waals surface area contributed by atoms with Crippen LogP contribution in [0.25, 0.3) is 0 Å². The highest BCUT2D eigenvalue weighted by atomic mass is 19.1. The zero-order chi connectivity index (χ0) is 9.84. The first-order valence-corrected chi connectivity index (χ1v) is 3.77. The number of rotatable bonds is 3. The van der Waals surface area contributed by atoms with E-state index in [1.165, 1.54) is 18.2 Å². The van der Waals surface area contributed by atoms with Crippen molar-refractivity contribution in [2.75, 3.05) is 6.61 Å². The van der Waals surface area contributed by atoms with E-state index in [-0.39, 0.29) is 12.4 Å². The second-order valence-corrected chi connectivity index (χ2v) is 2.67. The Balaban J connectivity index is 2.68. The summed E-state index contributed by atoms with van der Waals surface area (Å²) in [6.07, 6.45) is 0. The Morgan fingerprint density at radius 1 is 1.62 bits per heavy atom. The summed E-state index contributed by atoms with van der Waals surface area (Å²) >= 11 is 0. The fourth-order valence-corrected chi connectivity index (χ4v) is 0.861. The number of carbonyl (C=O) groups is 1. The highest BCUT2D eigenvalue weighted by molar-refractivity contribution is 5.75. The highest BCUT2D eigenvalue weighted by Gasteiger charge is 2.00. The van der Waals surface area contributed by atoms with E-state index in [0.717, 1.165) is 0 Å². The minimum Gasteiger partial charge on any atom is -0.484 e. The van der Waals surface area contributed by atoms with Crippen molar-refractivity contribution in [2.24, 2.45) is 5.73 Å². The van der Waals surface area contributed by atoms with Gasteiger partial charge in [-0.05, 0) is 30.7 Å². The molecule has 0 spiro atoms. The number of ether oxygens (including phenoxy) is 1. The van der Waals surface area contributed by atoms with E-state index in [1.54, 1.807) is 6.92 Å². The maximum absolute atomic E-state index is 12.8. The van der Waals surface area contributed by atoms with Gasteiger partial charge in [-0.15, -0.1) is 0 Å². The van der Waals surface area contributed by atoms with Crippen LogP contribution in [0.1, 0.15) is 5.56 Å². The number of hydrogen-bond donors (Lipinski definition) is 1. The Morgan fingerprint density at radius 3 is 2.85 bits per heavy atom. The normalized spacial score (nSPS) is 9.69. The summed E-state index contributed by atoms with van der Waals surface area (Å²) in [5.41, 5.74) is 5.34. The second kappa shape index (κ2) is 3.89. The molecule has 0 aliphatic carbocycles.